The molecule has 1 aromatic rings. The van der Waals surface area contributed by atoms with Gasteiger partial charge in [0, 0.05) is 25.8 Å². The number of ether oxygens (including phenoxy) is 2. The van der Waals surface area contributed by atoms with Crippen LogP contribution < -0.4 is 4.74 Å². The molecule has 124 valence electrons. The number of sulfonamides is 1. The van der Waals surface area contributed by atoms with Gasteiger partial charge in [0.2, 0.25) is 10.0 Å². The summed E-state index contributed by atoms with van der Waals surface area (Å²) in [6.45, 7) is 5.34. The molecule has 1 fully saturated rings. The summed E-state index contributed by atoms with van der Waals surface area (Å²) in [5, 5.41) is -0.332. The standard InChI is InChI=1S/C16H25NO4S/c1-4-17(22(18,19)16-9-11-21-12-10-16)13(2)14-5-7-15(20-3)8-6-14/h5-8,13,16H,4,9-12H2,1-3H3/t13-/m1/s1. The summed E-state index contributed by atoms with van der Waals surface area (Å²) >= 11 is 0. The van der Waals surface area contributed by atoms with Crippen molar-refractivity contribution < 1.29 is 17.9 Å². The van der Waals surface area contributed by atoms with Gasteiger partial charge in [-0.1, -0.05) is 19.1 Å². The summed E-state index contributed by atoms with van der Waals surface area (Å²) in [6, 6.07) is 7.38. The number of nitrogens with zero attached hydrogens (tertiary/aromatic N) is 1. The molecule has 1 aliphatic rings. The summed E-state index contributed by atoms with van der Waals surface area (Å²) in [7, 11) is -1.70. The SMILES string of the molecule is CCN([C@H](C)c1ccc(OC)cc1)S(=O)(=O)C1CCOCC1. The second-order valence-electron chi connectivity index (χ2n) is 5.51. The molecule has 5 nitrogen and oxygen atoms in total. The maximum Gasteiger partial charge on any atom is 0.217 e. The molecule has 6 heteroatoms. The molecule has 0 aliphatic carbocycles. The lowest BCUT2D eigenvalue weighted by Crippen LogP contribution is -2.42. The summed E-state index contributed by atoms with van der Waals surface area (Å²) in [5.74, 6) is 0.770. The van der Waals surface area contributed by atoms with E-state index >= 15 is 0 Å². The number of benzene rings is 1. The lowest BCUT2D eigenvalue weighted by Gasteiger charge is -2.33. The highest BCUT2D eigenvalue weighted by molar-refractivity contribution is 7.89. The third kappa shape index (κ3) is 3.62. The van der Waals surface area contributed by atoms with E-state index in [0.29, 0.717) is 32.6 Å². The first-order valence-electron chi connectivity index (χ1n) is 7.73. The topological polar surface area (TPSA) is 55.8 Å². The fraction of sp³-hybridized carbons (Fsp3) is 0.625. The second kappa shape index (κ2) is 7.44. The molecule has 1 saturated heterocycles. The monoisotopic (exact) mass is 327 g/mol. The predicted molar refractivity (Wildman–Crippen MR) is 86.5 cm³/mol. The van der Waals surface area contributed by atoms with Crippen LogP contribution >= 0.6 is 0 Å². The molecule has 0 spiro atoms. The predicted octanol–water partition coefficient (Wildman–Crippen LogP) is 2.59. The van der Waals surface area contributed by atoms with Crippen molar-refractivity contribution in [3.8, 4) is 5.75 Å². The van der Waals surface area contributed by atoms with E-state index in [1.165, 1.54) is 0 Å². The van der Waals surface area contributed by atoms with Gasteiger partial charge in [-0.3, -0.25) is 0 Å². The fourth-order valence-corrected chi connectivity index (χ4v) is 4.98. The van der Waals surface area contributed by atoms with Gasteiger partial charge in [0.1, 0.15) is 5.75 Å². The van der Waals surface area contributed by atoms with Crippen molar-refractivity contribution in [3.05, 3.63) is 29.8 Å². The number of hydrogen-bond donors (Lipinski definition) is 0. The van der Waals surface area contributed by atoms with Gasteiger partial charge >= 0.3 is 0 Å². The molecule has 0 bridgehead atoms. The molecule has 0 unspecified atom stereocenters. The minimum Gasteiger partial charge on any atom is -0.497 e. The van der Waals surface area contributed by atoms with Gasteiger partial charge < -0.3 is 9.47 Å². The van der Waals surface area contributed by atoms with Gasteiger partial charge in [-0.2, -0.15) is 4.31 Å². The molecule has 22 heavy (non-hydrogen) atoms. The van der Waals surface area contributed by atoms with Gasteiger partial charge in [0.25, 0.3) is 0 Å². The molecule has 1 atom stereocenters. The van der Waals surface area contributed by atoms with Crippen LogP contribution in [0.3, 0.4) is 0 Å². The van der Waals surface area contributed by atoms with Crippen molar-refractivity contribution in [3.63, 3.8) is 0 Å². The lowest BCUT2D eigenvalue weighted by atomic mass is 10.1. The van der Waals surface area contributed by atoms with Crippen molar-refractivity contribution in [2.24, 2.45) is 0 Å². The van der Waals surface area contributed by atoms with Crippen LogP contribution in [0, 0.1) is 0 Å². The average Bonchev–Trinajstić information content (AvgIpc) is 2.56. The zero-order valence-corrected chi connectivity index (χ0v) is 14.3. The molecule has 0 amide bonds. The van der Waals surface area contributed by atoms with Crippen LogP contribution in [0.25, 0.3) is 0 Å². The van der Waals surface area contributed by atoms with Crippen molar-refractivity contribution in [2.45, 2.75) is 38.0 Å². The smallest absolute Gasteiger partial charge is 0.217 e. The summed E-state index contributed by atoms with van der Waals surface area (Å²) in [6.07, 6.45) is 1.16. The van der Waals surface area contributed by atoms with E-state index in [-0.39, 0.29) is 11.3 Å². The van der Waals surface area contributed by atoms with Crippen molar-refractivity contribution in [2.75, 3.05) is 26.9 Å². The molecular weight excluding hydrogens is 302 g/mol. The van der Waals surface area contributed by atoms with Crippen molar-refractivity contribution in [1.82, 2.24) is 4.31 Å². The van der Waals surface area contributed by atoms with E-state index in [2.05, 4.69) is 0 Å². The van der Waals surface area contributed by atoms with Crippen molar-refractivity contribution in [1.29, 1.82) is 0 Å². The Morgan fingerprint density at radius 1 is 1.27 bits per heavy atom. The third-order valence-electron chi connectivity index (χ3n) is 4.26. The van der Waals surface area contributed by atoms with Crippen molar-refractivity contribution >= 4 is 10.0 Å². The maximum atomic E-state index is 12.9. The van der Waals surface area contributed by atoms with E-state index in [0.717, 1.165) is 11.3 Å². The molecule has 0 radical (unpaired) electrons. The van der Waals surface area contributed by atoms with Crippen LogP contribution in [0.4, 0.5) is 0 Å². The zero-order valence-electron chi connectivity index (χ0n) is 13.5. The van der Waals surface area contributed by atoms with E-state index in [1.54, 1.807) is 11.4 Å². The van der Waals surface area contributed by atoms with Gasteiger partial charge in [0.15, 0.2) is 0 Å². The quantitative estimate of drug-likeness (QED) is 0.806. The van der Waals surface area contributed by atoms with Crippen LogP contribution in [0.5, 0.6) is 5.75 Å². The van der Waals surface area contributed by atoms with Gasteiger partial charge in [-0.15, -0.1) is 0 Å². The minimum absolute atomic E-state index is 0.191. The highest BCUT2D eigenvalue weighted by Gasteiger charge is 2.35. The summed E-state index contributed by atoms with van der Waals surface area (Å²) < 4.78 is 37.8. The molecule has 0 N–H and O–H groups in total. The Bertz CT molecular complexity index is 564. The lowest BCUT2D eigenvalue weighted by molar-refractivity contribution is 0.0969. The summed E-state index contributed by atoms with van der Waals surface area (Å²) in [5.41, 5.74) is 0.971. The van der Waals surface area contributed by atoms with Crippen LogP contribution in [-0.2, 0) is 14.8 Å². The second-order valence-corrected chi connectivity index (χ2v) is 7.67. The summed E-state index contributed by atoms with van der Waals surface area (Å²) in [4.78, 5) is 0. The Morgan fingerprint density at radius 2 is 1.86 bits per heavy atom. The molecule has 2 rings (SSSR count). The first-order valence-corrected chi connectivity index (χ1v) is 9.23. The van der Waals surface area contributed by atoms with Crippen LogP contribution in [0.1, 0.15) is 38.3 Å². The maximum absolute atomic E-state index is 12.9. The Hall–Kier alpha value is -1.11. The molecule has 1 aromatic carbocycles. The molecular formula is C16H25NO4S. The zero-order chi connectivity index (χ0) is 16.2. The van der Waals surface area contributed by atoms with Gasteiger partial charge in [-0.05, 0) is 37.5 Å². The highest BCUT2D eigenvalue weighted by Crippen LogP contribution is 2.29. The molecule has 0 aromatic heterocycles. The van der Waals surface area contributed by atoms with Crippen LogP contribution in [0.2, 0.25) is 0 Å². The Labute approximate surface area is 133 Å². The van der Waals surface area contributed by atoms with E-state index < -0.39 is 10.0 Å². The van der Waals surface area contributed by atoms with Gasteiger partial charge in [0.05, 0.1) is 12.4 Å². The van der Waals surface area contributed by atoms with Crippen LogP contribution in [0.15, 0.2) is 24.3 Å². The van der Waals surface area contributed by atoms with Gasteiger partial charge in [-0.25, -0.2) is 8.42 Å². The number of hydrogen-bond acceptors (Lipinski definition) is 4. The van der Waals surface area contributed by atoms with E-state index in [1.807, 2.05) is 38.1 Å². The Kier molecular flexibility index (Phi) is 5.83. The number of rotatable bonds is 6. The van der Waals surface area contributed by atoms with E-state index in [9.17, 15) is 8.42 Å². The average molecular weight is 327 g/mol. The first-order chi connectivity index (χ1) is 10.5. The minimum atomic E-state index is -3.32. The third-order valence-corrected chi connectivity index (χ3v) is 6.80. The molecule has 1 aliphatic heterocycles. The number of methoxy groups -OCH3 is 1. The Balaban J connectivity index is 2.21. The van der Waals surface area contributed by atoms with E-state index in [4.69, 9.17) is 9.47 Å². The van der Waals surface area contributed by atoms with Crippen LogP contribution in [-0.4, -0.2) is 44.8 Å². The Morgan fingerprint density at radius 3 is 2.36 bits per heavy atom. The molecule has 1 heterocycles. The highest BCUT2D eigenvalue weighted by atomic mass is 32.2. The fourth-order valence-electron chi connectivity index (χ4n) is 2.89. The molecule has 0 saturated carbocycles. The largest absolute Gasteiger partial charge is 0.497 e. The normalized spacial score (nSPS) is 18.4. The first kappa shape index (κ1) is 17.2.